The van der Waals surface area contributed by atoms with Crippen molar-refractivity contribution in [2.45, 2.75) is 51.7 Å². The molecule has 23 heavy (non-hydrogen) atoms. The molecule has 1 fully saturated rings. The first kappa shape index (κ1) is 18.4. The van der Waals surface area contributed by atoms with E-state index in [-0.39, 0.29) is 11.9 Å². The minimum absolute atomic E-state index is 0.162. The second kappa shape index (κ2) is 9.36. The summed E-state index contributed by atoms with van der Waals surface area (Å²) in [6.45, 7) is 8.35. The molecular weight excluding hydrogens is 291 g/mol. The summed E-state index contributed by atoms with van der Waals surface area (Å²) >= 11 is 0. The molecule has 4 heteroatoms. The van der Waals surface area contributed by atoms with Crippen molar-refractivity contribution in [1.82, 2.24) is 10.2 Å². The highest BCUT2D eigenvalue weighted by Crippen LogP contribution is 2.13. The van der Waals surface area contributed by atoms with Crippen LogP contribution in [0.5, 0.6) is 0 Å². The number of rotatable bonds is 8. The zero-order chi connectivity index (χ0) is 16.7. The summed E-state index contributed by atoms with van der Waals surface area (Å²) in [7, 11) is 0. The van der Waals surface area contributed by atoms with Crippen molar-refractivity contribution in [1.29, 1.82) is 0 Å². The molecule has 1 aromatic rings. The predicted octanol–water partition coefficient (Wildman–Crippen LogP) is 2.83. The van der Waals surface area contributed by atoms with Crippen LogP contribution in [-0.2, 0) is 6.42 Å². The molecule has 0 bridgehead atoms. The van der Waals surface area contributed by atoms with Crippen LogP contribution in [0.15, 0.2) is 24.3 Å². The SMILES string of the molecule is CC(O)CC(C)CNC1CCN(CCc2ccc(F)cc2)CC1. The molecule has 2 unspecified atom stereocenters. The van der Waals surface area contributed by atoms with E-state index in [0.717, 1.165) is 39.0 Å². The smallest absolute Gasteiger partial charge is 0.123 e. The first-order valence-corrected chi connectivity index (χ1v) is 8.91. The normalized spacial score (nSPS) is 19.7. The average Bonchev–Trinajstić information content (AvgIpc) is 2.53. The van der Waals surface area contributed by atoms with E-state index in [0.29, 0.717) is 12.0 Å². The summed E-state index contributed by atoms with van der Waals surface area (Å²) in [4.78, 5) is 2.50. The molecule has 1 aliphatic heterocycles. The molecule has 2 atom stereocenters. The fourth-order valence-corrected chi connectivity index (χ4v) is 3.33. The fourth-order valence-electron chi connectivity index (χ4n) is 3.33. The molecule has 0 amide bonds. The third-order valence-corrected chi connectivity index (χ3v) is 4.72. The van der Waals surface area contributed by atoms with Gasteiger partial charge < -0.3 is 15.3 Å². The number of piperidine rings is 1. The quantitative estimate of drug-likeness (QED) is 0.772. The molecule has 1 saturated heterocycles. The lowest BCUT2D eigenvalue weighted by atomic mass is 10.0. The maximum atomic E-state index is 12.9. The van der Waals surface area contributed by atoms with Gasteiger partial charge in [-0.25, -0.2) is 4.39 Å². The lowest BCUT2D eigenvalue weighted by Gasteiger charge is -2.33. The van der Waals surface area contributed by atoms with Crippen LogP contribution in [0.25, 0.3) is 0 Å². The van der Waals surface area contributed by atoms with Crippen LogP contribution in [0.1, 0.15) is 38.7 Å². The van der Waals surface area contributed by atoms with Crippen molar-refractivity contribution < 1.29 is 9.50 Å². The monoisotopic (exact) mass is 322 g/mol. The Morgan fingerprint density at radius 2 is 1.87 bits per heavy atom. The van der Waals surface area contributed by atoms with Crippen molar-refractivity contribution in [3.8, 4) is 0 Å². The summed E-state index contributed by atoms with van der Waals surface area (Å²) in [5.41, 5.74) is 1.21. The minimum atomic E-state index is -0.208. The Balaban J connectivity index is 1.61. The number of aliphatic hydroxyl groups excluding tert-OH is 1. The number of hydrogen-bond donors (Lipinski definition) is 2. The number of halogens is 1. The van der Waals surface area contributed by atoms with E-state index >= 15 is 0 Å². The van der Waals surface area contributed by atoms with Crippen LogP contribution in [-0.4, -0.2) is 48.3 Å². The topological polar surface area (TPSA) is 35.5 Å². The summed E-state index contributed by atoms with van der Waals surface area (Å²) in [5, 5.41) is 13.1. The number of benzene rings is 1. The van der Waals surface area contributed by atoms with Crippen molar-refractivity contribution >= 4 is 0 Å². The second-order valence-corrected chi connectivity index (χ2v) is 7.09. The Labute approximate surface area is 139 Å². The van der Waals surface area contributed by atoms with E-state index < -0.39 is 0 Å². The summed E-state index contributed by atoms with van der Waals surface area (Å²) < 4.78 is 12.9. The van der Waals surface area contributed by atoms with Crippen molar-refractivity contribution in [2.24, 2.45) is 5.92 Å². The van der Waals surface area contributed by atoms with E-state index in [4.69, 9.17) is 0 Å². The van der Waals surface area contributed by atoms with Gasteiger partial charge in [0.05, 0.1) is 6.10 Å². The number of nitrogens with one attached hydrogen (secondary N) is 1. The standard InChI is InChI=1S/C19H31FN2O/c1-15(13-16(2)23)14-21-19-8-11-22(12-9-19)10-7-17-3-5-18(20)6-4-17/h3-6,15-16,19,21,23H,7-14H2,1-2H3. The molecule has 2 N–H and O–H groups in total. The lowest BCUT2D eigenvalue weighted by molar-refractivity contribution is 0.157. The Morgan fingerprint density at radius 1 is 1.22 bits per heavy atom. The molecule has 1 heterocycles. The zero-order valence-electron chi connectivity index (χ0n) is 14.5. The minimum Gasteiger partial charge on any atom is -0.393 e. The zero-order valence-corrected chi connectivity index (χ0v) is 14.5. The average molecular weight is 322 g/mol. The fraction of sp³-hybridized carbons (Fsp3) is 0.684. The molecule has 0 radical (unpaired) electrons. The number of likely N-dealkylation sites (tertiary alicyclic amines) is 1. The summed E-state index contributed by atoms with van der Waals surface area (Å²) in [6.07, 6.45) is 4.02. The molecule has 130 valence electrons. The van der Waals surface area contributed by atoms with Gasteiger partial charge >= 0.3 is 0 Å². The largest absolute Gasteiger partial charge is 0.393 e. The first-order valence-electron chi connectivity index (χ1n) is 8.91. The van der Waals surface area contributed by atoms with E-state index in [9.17, 15) is 9.50 Å². The van der Waals surface area contributed by atoms with Gasteiger partial charge in [0.25, 0.3) is 0 Å². The van der Waals surface area contributed by atoms with E-state index in [1.165, 1.54) is 18.4 Å². The van der Waals surface area contributed by atoms with Gasteiger partial charge in [0, 0.05) is 12.6 Å². The third kappa shape index (κ3) is 6.98. The first-order chi connectivity index (χ1) is 11.0. The summed E-state index contributed by atoms with van der Waals surface area (Å²) in [5.74, 6) is 0.358. The Bertz CT molecular complexity index is 441. The maximum Gasteiger partial charge on any atom is 0.123 e. The second-order valence-electron chi connectivity index (χ2n) is 7.09. The molecular formula is C19H31FN2O. The van der Waals surface area contributed by atoms with E-state index in [1.807, 2.05) is 19.1 Å². The van der Waals surface area contributed by atoms with Gasteiger partial charge in [0.1, 0.15) is 5.82 Å². The van der Waals surface area contributed by atoms with Gasteiger partial charge in [-0.2, -0.15) is 0 Å². The molecule has 3 nitrogen and oxygen atoms in total. The highest BCUT2D eigenvalue weighted by atomic mass is 19.1. The molecule has 0 spiro atoms. The van der Waals surface area contributed by atoms with Crippen LogP contribution in [0.4, 0.5) is 4.39 Å². The van der Waals surface area contributed by atoms with Crippen molar-refractivity contribution in [3.05, 3.63) is 35.6 Å². The van der Waals surface area contributed by atoms with Crippen molar-refractivity contribution in [2.75, 3.05) is 26.2 Å². The van der Waals surface area contributed by atoms with Crippen LogP contribution in [0.2, 0.25) is 0 Å². The molecule has 0 aromatic heterocycles. The number of aliphatic hydroxyl groups is 1. The molecule has 0 aliphatic carbocycles. The van der Waals surface area contributed by atoms with Gasteiger partial charge in [-0.05, 0) is 75.9 Å². The number of hydrogen-bond acceptors (Lipinski definition) is 3. The van der Waals surface area contributed by atoms with Crippen molar-refractivity contribution in [3.63, 3.8) is 0 Å². The van der Waals surface area contributed by atoms with Gasteiger partial charge in [-0.15, -0.1) is 0 Å². The van der Waals surface area contributed by atoms with Crippen LogP contribution < -0.4 is 5.32 Å². The van der Waals surface area contributed by atoms with Crippen LogP contribution >= 0.6 is 0 Å². The highest BCUT2D eigenvalue weighted by Gasteiger charge is 2.19. The molecule has 1 aliphatic rings. The van der Waals surface area contributed by atoms with Gasteiger partial charge in [0.2, 0.25) is 0 Å². The van der Waals surface area contributed by atoms with Gasteiger partial charge in [0.15, 0.2) is 0 Å². The molecule has 1 aromatic carbocycles. The third-order valence-electron chi connectivity index (χ3n) is 4.72. The van der Waals surface area contributed by atoms with E-state index in [1.54, 1.807) is 12.1 Å². The maximum absolute atomic E-state index is 12.9. The Morgan fingerprint density at radius 3 is 2.48 bits per heavy atom. The summed E-state index contributed by atoms with van der Waals surface area (Å²) in [6, 6.07) is 7.45. The lowest BCUT2D eigenvalue weighted by Crippen LogP contribution is -2.44. The van der Waals surface area contributed by atoms with Crippen LogP contribution in [0.3, 0.4) is 0 Å². The van der Waals surface area contributed by atoms with Gasteiger partial charge in [-0.3, -0.25) is 0 Å². The molecule has 0 saturated carbocycles. The number of nitrogens with zero attached hydrogens (tertiary/aromatic N) is 1. The van der Waals surface area contributed by atoms with Gasteiger partial charge in [-0.1, -0.05) is 19.1 Å². The molecule has 2 rings (SSSR count). The highest BCUT2D eigenvalue weighted by molar-refractivity contribution is 5.16. The Hall–Kier alpha value is -0.970. The Kier molecular flexibility index (Phi) is 7.47. The van der Waals surface area contributed by atoms with E-state index in [2.05, 4.69) is 17.1 Å². The predicted molar refractivity (Wildman–Crippen MR) is 93.0 cm³/mol. The van der Waals surface area contributed by atoms with Crippen LogP contribution in [0, 0.1) is 11.7 Å².